The van der Waals surface area contributed by atoms with E-state index in [1.165, 1.54) is 21.5 Å². The minimum atomic E-state index is -0.693. The molecule has 1 amide bonds. The Hall–Kier alpha value is -4.63. The molecule has 4 aromatic heterocycles. The quantitative estimate of drug-likeness (QED) is 0.373. The van der Waals surface area contributed by atoms with Crippen LogP contribution in [0.2, 0.25) is 0 Å². The number of fused-ring (bicyclic) bond motifs is 2. The van der Waals surface area contributed by atoms with E-state index >= 15 is 0 Å². The van der Waals surface area contributed by atoms with E-state index in [2.05, 4.69) is 25.9 Å². The highest BCUT2D eigenvalue weighted by Crippen LogP contribution is 2.38. The first-order valence-corrected chi connectivity index (χ1v) is 11.1. The molecule has 5 aromatic rings. The van der Waals surface area contributed by atoms with Crippen LogP contribution in [0, 0.1) is 11.3 Å². The normalized spacial score (nSPS) is 14.8. The van der Waals surface area contributed by atoms with Crippen LogP contribution in [-0.2, 0) is 0 Å². The summed E-state index contributed by atoms with van der Waals surface area (Å²) >= 11 is 0. The number of anilines is 1. The number of nitriles is 1. The monoisotopic (exact) mass is 515 g/mol. The van der Waals surface area contributed by atoms with E-state index in [0.717, 1.165) is 6.42 Å². The highest BCUT2D eigenvalue weighted by atomic mass is 32.1. The average molecular weight is 516 g/mol. The molecule has 11 nitrogen and oxygen atoms in total. The molecule has 0 radical (unpaired) electrons. The molecule has 6 rings (SSSR count). The second-order valence-electron chi connectivity index (χ2n) is 8.31. The summed E-state index contributed by atoms with van der Waals surface area (Å²) in [6.45, 7) is 0.660. The zero-order valence-electron chi connectivity index (χ0n) is 18.9. The molecule has 1 aliphatic heterocycles. The number of rotatable bonds is 4. The van der Waals surface area contributed by atoms with Crippen LogP contribution < -0.4 is 16.2 Å². The Labute approximate surface area is 218 Å². The molecule has 0 bridgehead atoms. The third-order valence-corrected chi connectivity index (χ3v) is 6.38. The zero-order chi connectivity index (χ0) is 24.1. The Balaban J connectivity index is 0.00000160. The molecule has 188 valence electrons. The van der Waals surface area contributed by atoms with Gasteiger partial charge in [-0.05, 0) is 31.0 Å². The molecule has 37 heavy (non-hydrogen) atoms. The van der Waals surface area contributed by atoms with Gasteiger partial charge in [-0.25, -0.2) is 14.5 Å². The highest BCUT2D eigenvalue weighted by molar-refractivity contribution is 7.59. The fraction of sp³-hybridized carbons (Fsp3) is 0.200. The lowest BCUT2D eigenvalue weighted by molar-refractivity contribution is 0.100. The minimum absolute atomic E-state index is 0. The number of aromatic nitrogens is 6. The zero-order valence-corrected chi connectivity index (χ0v) is 19.9. The number of aromatic amines is 1. The van der Waals surface area contributed by atoms with Crippen LogP contribution in [0.15, 0.2) is 59.9 Å². The third-order valence-electron chi connectivity index (χ3n) is 6.38. The van der Waals surface area contributed by atoms with Crippen molar-refractivity contribution < 1.29 is 4.79 Å². The number of hydrogen-bond acceptors (Lipinski definition) is 7. The largest absolute Gasteiger partial charge is 0.366 e. The topological polar surface area (TPSA) is 151 Å². The molecule has 1 aromatic carbocycles. The molecule has 3 N–H and O–H groups in total. The number of nitrogens with zero attached hydrogens (tertiary/aromatic N) is 7. The summed E-state index contributed by atoms with van der Waals surface area (Å²) in [5, 5.41) is 15.1. The van der Waals surface area contributed by atoms with E-state index in [-0.39, 0.29) is 43.6 Å². The Morgan fingerprint density at radius 3 is 2.70 bits per heavy atom. The fourth-order valence-electron chi connectivity index (χ4n) is 4.87. The molecule has 0 aliphatic carbocycles. The van der Waals surface area contributed by atoms with Gasteiger partial charge in [0.05, 0.1) is 28.2 Å². The molecule has 0 unspecified atom stereocenters. The van der Waals surface area contributed by atoms with Crippen LogP contribution in [0.3, 0.4) is 0 Å². The van der Waals surface area contributed by atoms with Gasteiger partial charge in [-0.1, -0.05) is 25.6 Å². The molecular formula is C25H25N9O2S. The number of para-hydroxylation sites is 1. The average Bonchev–Trinajstić information content (AvgIpc) is 3.62. The van der Waals surface area contributed by atoms with Crippen molar-refractivity contribution >= 4 is 41.8 Å². The van der Waals surface area contributed by atoms with Gasteiger partial charge in [0.15, 0.2) is 5.82 Å². The van der Waals surface area contributed by atoms with E-state index in [1.54, 1.807) is 12.4 Å². The van der Waals surface area contributed by atoms with E-state index in [9.17, 15) is 14.9 Å². The van der Waals surface area contributed by atoms with Gasteiger partial charge >= 0.3 is 0 Å². The number of hydrogen-bond donors (Lipinski definition) is 2. The number of nitrogens with one attached hydrogen (secondary N) is 1. The first-order chi connectivity index (χ1) is 17.1. The van der Waals surface area contributed by atoms with Crippen molar-refractivity contribution in [1.82, 2.24) is 29.1 Å². The molecule has 12 heteroatoms. The fourth-order valence-corrected chi connectivity index (χ4v) is 4.87. The molecular weight excluding hydrogens is 490 g/mol. The lowest BCUT2D eigenvalue weighted by atomic mass is 10.1. The summed E-state index contributed by atoms with van der Waals surface area (Å²) in [5.74, 6) is 0.411. The van der Waals surface area contributed by atoms with Crippen LogP contribution in [0.1, 0.15) is 48.1 Å². The Morgan fingerprint density at radius 1 is 1.19 bits per heavy atom. The van der Waals surface area contributed by atoms with Gasteiger partial charge in [-0.15, -0.1) is 0 Å². The number of benzene rings is 1. The predicted molar refractivity (Wildman–Crippen MR) is 144 cm³/mol. The SMILES string of the molecule is C.N#Cc1c[nH]c2ncnc(N3CCC[C@H]3c3nn4ccc(C(N)=O)c4c(=O)n3-c3ccccc3)c12.S. The van der Waals surface area contributed by atoms with E-state index in [0.29, 0.717) is 46.9 Å². The number of carbonyl (C=O) groups is 1. The van der Waals surface area contributed by atoms with Crippen molar-refractivity contribution in [1.29, 1.82) is 5.26 Å². The standard InChI is InChI=1S/C24H19N9O2.CH4.H2S/c25-11-14-12-27-21-18(14)23(29-13-28-21)31-9-4-7-17(31)22-30-32-10-8-16(20(26)34)19(32)24(35)33(22)15-5-2-1-3-6-15;;/h1-3,5-6,8,10,12-13,17H,4,7,9H2,(H2,26,34)(H,27,28,29);1H4;1H2/t17-;;/m0../s1. The molecule has 5 heterocycles. The number of primary amides is 1. The number of nitrogens with two attached hydrogens (primary N) is 1. The minimum Gasteiger partial charge on any atom is -0.366 e. The van der Waals surface area contributed by atoms with E-state index in [1.807, 2.05) is 30.3 Å². The molecule has 1 fully saturated rings. The van der Waals surface area contributed by atoms with Crippen LogP contribution >= 0.6 is 13.5 Å². The highest BCUT2D eigenvalue weighted by Gasteiger charge is 2.34. The Bertz CT molecular complexity index is 1720. The maximum absolute atomic E-state index is 13.8. The smallest absolute Gasteiger partial charge is 0.283 e. The van der Waals surface area contributed by atoms with E-state index < -0.39 is 5.91 Å². The molecule has 1 saturated heterocycles. The number of H-pyrrole nitrogens is 1. The van der Waals surface area contributed by atoms with Gasteiger partial charge < -0.3 is 15.6 Å². The van der Waals surface area contributed by atoms with Crippen molar-refractivity contribution in [3.63, 3.8) is 0 Å². The predicted octanol–water partition coefficient (Wildman–Crippen LogP) is 2.82. The molecule has 1 aliphatic rings. The van der Waals surface area contributed by atoms with Crippen molar-refractivity contribution in [2.45, 2.75) is 26.3 Å². The van der Waals surface area contributed by atoms with Crippen molar-refractivity contribution in [2.24, 2.45) is 5.73 Å². The van der Waals surface area contributed by atoms with Crippen LogP contribution in [0.25, 0.3) is 22.2 Å². The molecule has 1 atom stereocenters. The first kappa shape index (κ1) is 25.5. The van der Waals surface area contributed by atoms with Gasteiger partial charge in [0.25, 0.3) is 11.5 Å². The lowest BCUT2D eigenvalue weighted by Crippen LogP contribution is -2.34. The summed E-state index contributed by atoms with van der Waals surface area (Å²) < 4.78 is 2.95. The van der Waals surface area contributed by atoms with Gasteiger partial charge in [0.1, 0.15) is 29.4 Å². The summed E-state index contributed by atoms with van der Waals surface area (Å²) in [5.41, 5.74) is 7.01. The number of carbonyl (C=O) groups excluding carboxylic acids is 1. The molecule has 0 spiro atoms. The van der Waals surface area contributed by atoms with Crippen molar-refractivity contribution in [3.8, 4) is 11.8 Å². The van der Waals surface area contributed by atoms with Crippen molar-refractivity contribution in [2.75, 3.05) is 11.4 Å². The lowest BCUT2D eigenvalue weighted by Gasteiger charge is -2.27. The Morgan fingerprint density at radius 2 is 1.97 bits per heavy atom. The second-order valence-corrected chi connectivity index (χ2v) is 8.31. The maximum Gasteiger partial charge on any atom is 0.283 e. The van der Waals surface area contributed by atoms with Gasteiger partial charge in [0, 0.05) is 18.9 Å². The second kappa shape index (κ2) is 9.79. The van der Waals surface area contributed by atoms with Crippen LogP contribution in [-0.4, -0.2) is 41.6 Å². The summed E-state index contributed by atoms with van der Waals surface area (Å²) in [6, 6.07) is 12.6. The first-order valence-electron chi connectivity index (χ1n) is 11.1. The van der Waals surface area contributed by atoms with Gasteiger partial charge in [-0.2, -0.15) is 23.9 Å². The molecule has 0 saturated carbocycles. The summed E-state index contributed by atoms with van der Waals surface area (Å²) in [4.78, 5) is 39.7. The van der Waals surface area contributed by atoms with Crippen LogP contribution in [0.5, 0.6) is 0 Å². The third kappa shape index (κ3) is 3.89. The van der Waals surface area contributed by atoms with Gasteiger partial charge in [-0.3, -0.25) is 14.2 Å². The Kier molecular flexibility index (Phi) is 6.74. The van der Waals surface area contributed by atoms with Crippen LogP contribution in [0.4, 0.5) is 5.82 Å². The summed E-state index contributed by atoms with van der Waals surface area (Å²) in [7, 11) is 0. The number of amides is 1. The van der Waals surface area contributed by atoms with Gasteiger partial charge in [0.2, 0.25) is 0 Å². The summed E-state index contributed by atoms with van der Waals surface area (Å²) in [6.07, 6.45) is 6.19. The maximum atomic E-state index is 13.8. The van der Waals surface area contributed by atoms with E-state index in [4.69, 9.17) is 10.8 Å². The van der Waals surface area contributed by atoms with Crippen molar-refractivity contribution in [3.05, 3.63) is 82.4 Å².